The molecule has 0 saturated heterocycles. The van der Waals surface area contributed by atoms with Crippen LogP contribution < -0.4 is 5.32 Å². The van der Waals surface area contributed by atoms with E-state index in [2.05, 4.69) is 20.4 Å². The molecule has 1 atom stereocenters. The monoisotopic (exact) mass is 376 g/mol. The van der Waals surface area contributed by atoms with Crippen LogP contribution in [0.15, 0.2) is 65.9 Å². The molecule has 28 heavy (non-hydrogen) atoms. The van der Waals surface area contributed by atoms with E-state index in [0.717, 1.165) is 11.3 Å². The van der Waals surface area contributed by atoms with Crippen molar-refractivity contribution in [2.24, 2.45) is 5.16 Å². The number of rotatable bonds is 4. The SMILES string of the molecule is Cc1nccc(-c2cccc(NC(=O)C3CC(c4cccc(F)c4)=NO3)c2)n1. The molecule has 7 heteroatoms. The minimum absolute atomic E-state index is 0.278. The van der Waals surface area contributed by atoms with E-state index in [0.29, 0.717) is 22.8 Å². The second-order valence-corrected chi connectivity index (χ2v) is 6.41. The lowest BCUT2D eigenvalue weighted by molar-refractivity contribution is -0.125. The zero-order chi connectivity index (χ0) is 19.5. The van der Waals surface area contributed by atoms with E-state index < -0.39 is 6.10 Å². The first-order chi connectivity index (χ1) is 13.6. The van der Waals surface area contributed by atoms with Crippen molar-refractivity contribution < 1.29 is 14.0 Å². The molecule has 0 spiro atoms. The molecule has 1 amide bonds. The van der Waals surface area contributed by atoms with Gasteiger partial charge >= 0.3 is 0 Å². The number of aromatic nitrogens is 2. The molecule has 6 nitrogen and oxygen atoms in total. The number of oxime groups is 1. The summed E-state index contributed by atoms with van der Waals surface area (Å²) in [5.41, 5.74) is 3.42. The van der Waals surface area contributed by atoms with Crippen LogP contribution in [-0.4, -0.2) is 27.7 Å². The number of carbonyl (C=O) groups excluding carboxylic acids is 1. The van der Waals surface area contributed by atoms with Crippen LogP contribution in [0.3, 0.4) is 0 Å². The number of carbonyl (C=O) groups is 1. The van der Waals surface area contributed by atoms with Crippen molar-refractivity contribution in [3.05, 3.63) is 78.0 Å². The number of halogens is 1. The van der Waals surface area contributed by atoms with Crippen LogP contribution in [0, 0.1) is 12.7 Å². The van der Waals surface area contributed by atoms with E-state index in [4.69, 9.17) is 4.84 Å². The topological polar surface area (TPSA) is 76.5 Å². The minimum atomic E-state index is -0.761. The van der Waals surface area contributed by atoms with E-state index in [-0.39, 0.29) is 18.1 Å². The molecule has 0 fully saturated rings. The first-order valence-corrected chi connectivity index (χ1v) is 8.78. The van der Waals surface area contributed by atoms with Gasteiger partial charge in [-0.2, -0.15) is 0 Å². The van der Waals surface area contributed by atoms with Gasteiger partial charge < -0.3 is 10.2 Å². The Morgan fingerprint density at radius 3 is 2.79 bits per heavy atom. The molecule has 1 aliphatic rings. The van der Waals surface area contributed by atoms with Crippen molar-refractivity contribution in [1.82, 2.24) is 9.97 Å². The molecule has 3 aromatic rings. The number of nitrogens with one attached hydrogen (secondary N) is 1. The van der Waals surface area contributed by atoms with Gasteiger partial charge in [0, 0.05) is 29.4 Å². The van der Waals surface area contributed by atoms with Crippen molar-refractivity contribution in [3.8, 4) is 11.3 Å². The van der Waals surface area contributed by atoms with Crippen LogP contribution in [0.5, 0.6) is 0 Å². The summed E-state index contributed by atoms with van der Waals surface area (Å²) in [6.07, 6.45) is 1.21. The molecule has 4 rings (SSSR count). The molecular weight excluding hydrogens is 359 g/mol. The van der Waals surface area contributed by atoms with E-state index in [1.807, 2.05) is 31.2 Å². The Morgan fingerprint density at radius 1 is 1.14 bits per heavy atom. The fraction of sp³-hybridized carbons (Fsp3) is 0.143. The highest BCUT2D eigenvalue weighted by atomic mass is 19.1. The minimum Gasteiger partial charge on any atom is -0.382 e. The fourth-order valence-corrected chi connectivity index (χ4v) is 2.95. The molecule has 2 aromatic carbocycles. The molecule has 2 heterocycles. The van der Waals surface area contributed by atoms with Crippen LogP contribution >= 0.6 is 0 Å². The average molecular weight is 376 g/mol. The molecule has 140 valence electrons. The van der Waals surface area contributed by atoms with Crippen molar-refractivity contribution in [2.45, 2.75) is 19.4 Å². The van der Waals surface area contributed by atoms with Gasteiger partial charge in [-0.25, -0.2) is 14.4 Å². The van der Waals surface area contributed by atoms with Crippen molar-refractivity contribution >= 4 is 17.3 Å². The molecule has 0 aliphatic carbocycles. The van der Waals surface area contributed by atoms with Gasteiger partial charge in [-0.05, 0) is 37.3 Å². The first-order valence-electron chi connectivity index (χ1n) is 8.78. The summed E-state index contributed by atoms with van der Waals surface area (Å²) < 4.78 is 13.4. The Labute approximate surface area is 161 Å². The van der Waals surface area contributed by atoms with Gasteiger partial charge in [0.2, 0.25) is 6.10 Å². The number of hydrogen-bond acceptors (Lipinski definition) is 5. The van der Waals surface area contributed by atoms with Crippen molar-refractivity contribution in [3.63, 3.8) is 0 Å². The summed E-state index contributed by atoms with van der Waals surface area (Å²) in [5, 5.41) is 6.78. The average Bonchev–Trinajstić information content (AvgIpc) is 3.19. The molecule has 1 aromatic heterocycles. The Hall–Kier alpha value is -3.61. The number of nitrogens with zero attached hydrogens (tertiary/aromatic N) is 3. The molecule has 0 saturated carbocycles. The maximum absolute atomic E-state index is 13.4. The second kappa shape index (κ2) is 7.56. The maximum atomic E-state index is 13.4. The number of hydrogen-bond donors (Lipinski definition) is 1. The largest absolute Gasteiger partial charge is 0.382 e. The number of benzene rings is 2. The Kier molecular flexibility index (Phi) is 4.80. The Bertz CT molecular complexity index is 1070. The summed E-state index contributed by atoms with van der Waals surface area (Å²) in [6.45, 7) is 1.82. The predicted molar refractivity (Wildman–Crippen MR) is 103 cm³/mol. The highest BCUT2D eigenvalue weighted by Gasteiger charge is 2.29. The summed E-state index contributed by atoms with van der Waals surface area (Å²) >= 11 is 0. The van der Waals surface area contributed by atoms with Gasteiger partial charge in [-0.3, -0.25) is 4.79 Å². The normalized spacial score (nSPS) is 15.6. The van der Waals surface area contributed by atoms with E-state index in [1.165, 1.54) is 12.1 Å². The standard InChI is InChI=1S/C21H17FN4O2/c1-13-23-9-8-18(24-13)15-5-3-7-17(11-15)25-21(27)20-12-19(26-28-20)14-4-2-6-16(22)10-14/h2-11,20H,12H2,1H3,(H,25,27). The van der Waals surface area contributed by atoms with Crippen LogP contribution in [0.2, 0.25) is 0 Å². The van der Waals surface area contributed by atoms with Gasteiger partial charge in [0.05, 0.1) is 11.4 Å². The van der Waals surface area contributed by atoms with Gasteiger partial charge in [0.15, 0.2) is 0 Å². The lowest BCUT2D eigenvalue weighted by Crippen LogP contribution is -2.28. The third kappa shape index (κ3) is 3.88. The summed E-state index contributed by atoms with van der Waals surface area (Å²) in [6, 6.07) is 15.3. The van der Waals surface area contributed by atoms with E-state index in [1.54, 1.807) is 24.4 Å². The molecule has 1 N–H and O–H groups in total. The van der Waals surface area contributed by atoms with E-state index in [9.17, 15) is 9.18 Å². The van der Waals surface area contributed by atoms with Crippen LogP contribution in [-0.2, 0) is 9.63 Å². The smallest absolute Gasteiger partial charge is 0.268 e. The molecule has 1 aliphatic heterocycles. The summed E-state index contributed by atoms with van der Waals surface area (Å²) in [5.74, 6) is 0.00404. The second-order valence-electron chi connectivity index (χ2n) is 6.41. The van der Waals surface area contributed by atoms with Gasteiger partial charge in [-0.1, -0.05) is 29.4 Å². The highest BCUT2D eigenvalue weighted by molar-refractivity contribution is 6.06. The van der Waals surface area contributed by atoms with Gasteiger partial charge in [-0.15, -0.1) is 0 Å². The zero-order valence-electron chi connectivity index (χ0n) is 15.1. The van der Waals surface area contributed by atoms with Crippen LogP contribution in [0.4, 0.5) is 10.1 Å². The third-order valence-electron chi connectivity index (χ3n) is 4.32. The third-order valence-corrected chi connectivity index (χ3v) is 4.32. The molecular formula is C21H17FN4O2. The fourth-order valence-electron chi connectivity index (χ4n) is 2.95. The maximum Gasteiger partial charge on any atom is 0.268 e. The summed E-state index contributed by atoms with van der Waals surface area (Å²) in [7, 11) is 0. The lowest BCUT2D eigenvalue weighted by Gasteiger charge is -2.11. The van der Waals surface area contributed by atoms with Gasteiger partial charge in [0.1, 0.15) is 11.6 Å². The predicted octanol–water partition coefficient (Wildman–Crippen LogP) is 3.72. The van der Waals surface area contributed by atoms with Crippen LogP contribution in [0.1, 0.15) is 17.8 Å². The highest BCUT2D eigenvalue weighted by Crippen LogP contribution is 2.23. The molecule has 0 radical (unpaired) electrons. The van der Waals surface area contributed by atoms with Crippen molar-refractivity contribution in [2.75, 3.05) is 5.32 Å². The van der Waals surface area contributed by atoms with Crippen molar-refractivity contribution in [1.29, 1.82) is 0 Å². The summed E-state index contributed by atoms with van der Waals surface area (Å²) in [4.78, 5) is 26.3. The number of anilines is 1. The first kappa shape index (κ1) is 17.8. The van der Waals surface area contributed by atoms with Crippen LogP contribution in [0.25, 0.3) is 11.3 Å². The quantitative estimate of drug-likeness (QED) is 0.753. The molecule has 0 bridgehead atoms. The van der Waals surface area contributed by atoms with E-state index >= 15 is 0 Å². The lowest BCUT2D eigenvalue weighted by atomic mass is 10.0. The Morgan fingerprint density at radius 2 is 1.96 bits per heavy atom. The Balaban J connectivity index is 1.44. The molecule has 1 unspecified atom stereocenters. The zero-order valence-corrected chi connectivity index (χ0v) is 15.1. The number of aryl methyl sites for hydroxylation is 1. The van der Waals surface area contributed by atoms with Gasteiger partial charge in [0.25, 0.3) is 5.91 Å². The number of amides is 1.